The molecule has 4 rings (SSSR count). The zero-order chi connectivity index (χ0) is 17.4. The first-order valence-corrected chi connectivity index (χ1v) is 8.77. The molecule has 0 spiro atoms. The first-order chi connectivity index (χ1) is 12.1. The van der Waals surface area contributed by atoms with Crippen molar-refractivity contribution in [3.63, 3.8) is 0 Å². The fraction of sp³-hybridized carbons (Fsp3) is 0.389. The Bertz CT molecular complexity index is 819. The van der Waals surface area contributed by atoms with Gasteiger partial charge in [-0.3, -0.25) is 0 Å². The van der Waals surface area contributed by atoms with Gasteiger partial charge in [-0.05, 0) is 43.2 Å². The fourth-order valence-corrected chi connectivity index (χ4v) is 2.91. The van der Waals surface area contributed by atoms with E-state index >= 15 is 0 Å². The number of likely N-dealkylation sites (tertiary alicyclic amines) is 1. The Morgan fingerprint density at radius 1 is 1.28 bits per heavy atom. The number of aromatic nitrogens is 2. The highest BCUT2D eigenvalue weighted by molar-refractivity contribution is 6.29. The van der Waals surface area contributed by atoms with Crippen molar-refractivity contribution in [1.29, 1.82) is 0 Å². The van der Waals surface area contributed by atoms with Gasteiger partial charge >= 0.3 is 6.09 Å². The van der Waals surface area contributed by atoms with Crippen molar-refractivity contribution in [2.45, 2.75) is 32.1 Å². The first-order valence-electron chi connectivity index (χ1n) is 8.39. The molecule has 1 amide bonds. The summed E-state index contributed by atoms with van der Waals surface area (Å²) in [5.74, 6) is 1.60. The molecule has 1 saturated heterocycles. The van der Waals surface area contributed by atoms with E-state index < -0.39 is 6.09 Å². The molecule has 0 N–H and O–H groups in total. The van der Waals surface area contributed by atoms with Gasteiger partial charge in [0.25, 0.3) is 5.88 Å². The van der Waals surface area contributed by atoms with E-state index in [1.165, 1.54) is 6.07 Å². The summed E-state index contributed by atoms with van der Waals surface area (Å²) in [7, 11) is 0. The molecule has 1 aromatic heterocycles. The molecule has 1 aliphatic heterocycles. The van der Waals surface area contributed by atoms with Crippen LogP contribution in [0, 0.1) is 6.92 Å². The quantitative estimate of drug-likeness (QED) is 0.813. The second-order valence-electron chi connectivity index (χ2n) is 6.41. The Labute approximate surface area is 150 Å². The zero-order valence-electron chi connectivity index (χ0n) is 13.9. The molecular formula is C18H18ClN3O3. The van der Waals surface area contributed by atoms with Crippen LogP contribution >= 0.6 is 11.6 Å². The molecule has 2 aromatic rings. The number of amides is 1. The maximum Gasteiger partial charge on any atom is 0.415 e. The van der Waals surface area contributed by atoms with Crippen LogP contribution < -0.4 is 9.47 Å². The number of carbonyl (C=O) groups excluding carboxylic acids is 1. The maximum absolute atomic E-state index is 12.1. The van der Waals surface area contributed by atoms with Gasteiger partial charge in [-0.2, -0.15) is 0 Å². The maximum atomic E-state index is 12.1. The first kappa shape index (κ1) is 16.1. The number of benzene rings is 1. The van der Waals surface area contributed by atoms with Gasteiger partial charge in [-0.15, -0.1) is 10.2 Å². The third-order valence-electron chi connectivity index (χ3n) is 4.47. The van der Waals surface area contributed by atoms with Crippen molar-refractivity contribution in [3.8, 4) is 17.4 Å². The van der Waals surface area contributed by atoms with Crippen LogP contribution in [0.5, 0.6) is 17.4 Å². The summed E-state index contributed by atoms with van der Waals surface area (Å²) in [6.45, 7) is 3.38. The molecule has 0 radical (unpaired) electrons. The predicted molar refractivity (Wildman–Crippen MR) is 92.5 cm³/mol. The van der Waals surface area contributed by atoms with Crippen molar-refractivity contribution in [1.82, 2.24) is 15.1 Å². The van der Waals surface area contributed by atoms with Gasteiger partial charge in [0.1, 0.15) is 5.75 Å². The topological polar surface area (TPSA) is 64.6 Å². The van der Waals surface area contributed by atoms with Crippen molar-refractivity contribution in [2.24, 2.45) is 0 Å². The van der Waals surface area contributed by atoms with Crippen LogP contribution in [0.4, 0.5) is 4.79 Å². The van der Waals surface area contributed by atoms with Crippen LogP contribution in [0.2, 0.25) is 5.15 Å². The molecule has 0 unspecified atom stereocenters. The second-order valence-corrected chi connectivity index (χ2v) is 6.80. The van der Waals surface area contributed by atoms with Gasteiger partial charge in [0.05, 0.1) is 0 Å². The largest absolute Gasteiger partial charge is 0.434 e. The third kappa shape index (κ3) is 3.39. The molecule has 130 valence electrons. The summed E-state index contributed by atoms with van der Waals surface area (Å²) in [4.78, 5) is 13.7. The van der Waals surface area contributed by atoms with E-state index in [0.717, 1.165) is 36.1 Å². The lowest BCUT2D eigenvalue weighted by Crippen LogP contribution is -2.43. The van der Waals surface area contributed by atoms with Crippen molar-refractivity contribution >= 4 is 17.7 Å². The lowest BCUT2D eigenvalue weighted by molar-refractivity contribution is 0.123. The van der Waals surface area contributed by atoms with Gasteiger partial charge in [-0.1, -0.05) is 29.8 Å². The van der Waals surface area contributed by atoms with Crippen LogP contribution in [0.3, 0.4) is 0 Å². The molecule has 25 heavy (non-hydrogen) atoms. The molecule has 1 aliphatic carbocycles. The number of ether oxygens (including phenoxy) is 2. The zero-order valence-corrected chi connectivity index (χ0v) is 14.6. The standard InChI is InChI=1S/C18H18ClN3O3/c1-11-4-2-5-13(12-6-7-12)16(11)25-17-14(10-15(19)20-21-17)24-18(23)22-8-3-9-22/h2,4-5,10,12H,3,6-9H2,1H3. The molecule has 2 heterocycles. The summed E-state index contributed by atoms with van der Waals surface area (Å²) in [6, 6.07) is 7.52. The molecule has 2 fully saturated rings. The number of nitrogens with zero attached hydrogens (tertiary/aromatic N) is 3. The van der Waals surface area contributed by atoms with Crippen LogP contribution in [0.25, 0.3) is 0 Å². The van der Waals surface area contributed by atoms with Gasteiger partial charge < -0.3 is 14.4 Å². The number of para-hydroxylation sites is 1. The smallest absolute Gasteiger partial charge is 0.415 e. The van der Waals surface area contributed by atoms with E-state index in [-0.39, 0.29) is 16.8 Å². The minimum atomic E-state index is -0.424. The molecule has 6 nitrogen and oxygen atoms in total. The molecular weight excluding hydrogens is 342 g/mol. The Kier molecular flexibility index (Phi) is 4.21. The van der Waals surface area contributed by atoms with Crippen LogP contribution in [0.15, 0.2) is 24.3 Å². The summed E-state index contributed by atoms with van der Waals surface area (Å²) in [5, 5.41) is 7.96. The Hall–Kier alpha value is -2.34. The number of hydrogen-bond acceptors (Lipinski definition) is 5. The minimum absolute atomic E-state index is 0.144. The number of hydrogen-bond donors (Lipinski definition) is 0. The molecule has 2 aliphatic rings. The van der Waals surface area contributed by atoms with Gasteiger partial charge in [0, 0.05) is 19.2 Å². The van der Waals surface area contributed by atoms with E-state index in [2.05, 4.69) is 16.3 Å². The molecule has 1 aromatic carbocycles. The Balaban J connectivity index is 1.63. The monoisotopic (exact) mass is 359 g/mol. The summed E-state index contributed by atoms with van der Waals surface area (Å²) in [6.07, 6.45) is 2.88. The lowest BCUT2D eigenvalue weighted by atomic mass is 10.1. The molecule has 0 bridgehead atoms. The highest BCUT2D eigenvalue weighted by Gasteiger charge is 2.29. The van der Waals surface area contributed by atoms with Crippen LogP contribution in [0.1, 0.15) is 36.3 Å². The molecule has 7 heteroatoms. The van der Waals surface area contributed by atoms with Crippen LogP contribution in [-0.2, 0) is 0 Å². The normalized spacial score (nSPS) is 16.3. The summed E-state index contributed by atoms with van der Waals surface area (Å²) < 4.78 is 11.5. The number of rotatable bonds is 4. The number of aryl methyl sites for hydroxylation is 1. The van der Waals surface area contributed by atoms with E-state index in [1.54, 1.807) is 4.90 Å². The second kappa shape index (κ2) is 6.52. The van der Waals surface area contributed by atoms with E-state index in [1.807, 2.05) is 19.1 Å². The average Bonchev–Trinajstić information content (AvgIpc) is 3.34. The highest BCUT2D eigenvalue weighted by atomic mass is 35.5. The average molecular weight is 360 g/mol. The number of halogens is 1. The Morgan fingerprint density at radius 2 is 2.08 bits per heavy atom. The van der Waals surface area contributed by atoms with Crippen molar-refractivity contribution in [3.05, 3.63) is 40.5 Å². The number of carbonyl (C=O) groups is 1. The third-order valence-corrected chi connectivity index (χ3v) is 4.65. The summed E-state index contributed by atoms with van der Waals surface area (Å²) >= 11 is 5.92. The van der Waals surface area contributed by atoms with E-state index in [9.17, 15) is 4.79 Å². The van der Waals surface area contributed by atoms with Gasteiger partial charge in [0.2, 0.25) is 0 Å². The summed E-state index contributed by atoms with van der Waals surface area (Å²) in [5.41, 5.74) is 2.15. The molecule has 0 atom stereocenters. The van der Waals surface area contributed by atoms with Gasteiger partial charge in [-0.25, -0.2) is 4.79 Å². The van der Waals surface area contributed by atoms with Crippen LogP contribution in [-0.4, -0.2) is 34.3 Å². The van der Waals surface area contributed by atoms with Gasteiger partial charge in [0.15, 0.2) is 10.9 Å². The van der Waals surface area contributed by atoms with Crippen molar-refractivity contribution in [2.75, 3.05) is 13.1 Å². The van der Waals surface area contributed by atoms with E-state index in [0.29, 0.717) is 19.0 Å². The van der Waals surface area contributed by atoms with E-state index in [4.69, 9.17) is 21.1 Å². The lowest BCUT2D eigenvalue weighted by Gasteiger charge is -2.29. The predicted octanol–water partition coefficient (Wildman–Crippen LogP) is 4.31. The molecule has 1 saturated carbocycles. The highest BCUT2D eigenvalue weighted by Crippen LogP contribution is 2.46. The minimum Gasteiger partial charge on any atom is -0.434 e. The SMILES string of the molecule is Cc1cccc(C2CC2)c1Oc1nnc(Cl)cc1OC(=O)N1CCC1. The fourth-order valence-electron chi connectivity index (χ4n) is 2.77. The Morgan fingerprint density at radius 3 is 2.76 bits per heavy atom. The van der Waals surface area contributed by atoms with Crippen molar-refractivity contribution < 1.29 is 14.3 Å².